The van der Waals surface area contributed by atoms with Gasteiger partial charge in [0, 0.05) is 5.57 Å². The lowest BCUT2D eigenvalue weighted by Crippen LogP contribution is -2.28. The van der Waals surface area contributed by atoms with Crippen molar-refractivity contribution in [1.29, 1.82) is 0 Å². The second-order valence-electron chi connectivity index (χ2n) is 4.01. The molecule has 0 aliphatic rings. The molecule has 9 heteroatoms. The van der Waals surface area contributed by atoms with E-state index in [0.29, 0.717) is 13.0 Å². The fraction of sp³-hybridized carbons (Fsp3) is 0.700. The SMILES string of the molecule is C=C(C)C(=O)NOS(=O)(=O)OCCCN.CN(C)C. The van der Waals surface area contributed by atoms with Gasteiger partial charge in [-0.25, -0.2) is 9.66 Å². The van der Waals surface area contributed by atoms with Crippen molar-refractivity contribution in [3.63, 3.8) is 0 Å². The second-order valence-corrected chi connectivity index (χ2v) is 5.23. The third-order valence-electron chi connectivity index (χ3n) is 1.20. The highest BCUT2D eigenvalue weighted by atomic mass is 32.3. The second kappa shape index (κ2) is 10.9. The highest BCUT2D eigenvalue weighted by Crippen LogP contribution is 1.95. The van der Waals surface area contributed by atoms with E-state index in [0.717, 1.165) is 0 Å². The summed E-state index contributed by atoms with van der Waals surface area (Å²) in [5, 5.41) is 0. The highest BCUT2D eigenvalue weighted by Gasteiger charge is 2.14. The molecule has 0 aromatic heterocycles. The zero-order valence-electron chi connectivity index (χ0n) is 11.8. The maximum absolute atomic E-state index is 10.9. The van der Waals surface area contributed by atoms with Crippen LogP contribution in [0, 0.1) is 0 Å². The number of hydrogen-bond donors (Lipinski definition) is 2. The van der Waals surface area contributed by atoms with Crippen LogP contribution in [0.1, 0.15) is 13.3 Å². The Morgan fingerprint density at radius 3 is 2.21 bits per heavy atom. The van der Waals surface area contributed by atoms with Gasteiger partial charge in [-0.05, 0) is 41.0 Å². The molecule has 0 fully saturated rings. The van der Waals surface area contributed by atoms with Crippen molar-refractivity contribution < 1.29 is 21.7 Å². The predicted octanol–water partition coefficient (Wildman–Crippen LogP) is -0.602. The van der Waals surface area contributed by atoms with Gasteiger partial charge in [-0.2, -0.15) is 8.42 Å². The van der Waals surface area contributed by atoms with Gasteiger partial charge in [-0.1, -0.05) is 6.58 Å². The van der Waals surface area contributed by atoms with Crippen LogP contribution in [-0.4, -0.2) is 53.5 Å². The molecule has 0 radical (unpaired) electrons. The minimum Gasteiger partial charge on any atom is -0.330 e. The Morgan fingerprint density at radius 1 is 1.37 bits per heavy atom. The van der Waals surface area contributed by atoms with Gasteiger partial charge in [-0.15, -0.1) is 4.28 Å². The van der Waals surface area contributed by atoms with E-state index in [9.17, 15) is 13.2 Å². The molecule has 0 saturated carbocycles. The van der Waals surface area contributed by atoms with Crippen molar-refractivity contribution in [2.75, 3.05) is 34.3 Å². The van der Waals surface area contributed by atoms with E-state index in [1.807, 2.05) is 26.0 Å². The summed E-state index contributed by atoms with van der Waals surface area (Å²) in [5.74, 6) is -0.735. The van der Waals surface area contributed by atoms with E-state index >= 15 is 0 Å². The molecular weight excluding hydrogens is 274 g/mol. The van der Waals surface area contributed by atoms with Gasteiger partial charge in [0.15, 0.2) is 0 Å². The Kier molecular flexibility index (Phi) is 11.6. The first-order chi connectivity index (χ1) is 8.62. The Labute approximate surface area is 114 Å². The van der Waals surface area contributed by atoms with Gasteiger partial charge in [0.1, 0.15) is 0 Å². The van der Waals surface area contributed by atoms with E-state index in [1.54, 1.807) is 5.48 Å². The summed E-state index contributed by atoms with van der Waals surface area (Å²) in [5.41, 5.74) is 6.91. The summed E-state index contributed by atoms with van der Waals surface area (Å²) in [7, 11) is 1.79. The summed E-state index contributed by atoms with van der Waals surface area (Å²) < 4.78 is 30.2. The maximum Gasteiger partial charge on any atom is 0.420 e. The number of nitrogens with two attached hydrogens (primary N) is 1. The topological polar surface area (TPSA) is 111 Å². The predicted molar refractivity (Wildman–Crippen MR) is 72.2 cm³/mol. The third kappa shape index (κ3) is 17.0. The molecule has 0 unspecified atom stereocenters. The van der Waals surface area contributed by atoms with Gasteiger partial charge in [0.05, 0.1) is 6.61 Å². The minimum atomic E-state index is -4.21. The maximum atomic E-state index is 10.9. The molecule has 8 nitrogen and oxygen atoms in total. The number of rotatable bonds is 7. The molecule has 0 bridgehead atoms. The van der Waals surface area contributed by atoms with E-state index in [1.165, 1.54) is 6.92 Å². The van der Waals surface area contributed by atoms with Gasteiger partial charge < -0.3 is 10.6 Å². The first-order valence-corrected chi connectivity index (χ1v) is 6.80. The summed E-state index contributed by atoms with van der Waals surface area (Å²) in [6.07, 6.45) is 0.372. The largest absolute Gasteiger partial charge is 0.420 e. The molecule has 0 aromatic carbocycles. The molecule has 0 aromatic rings. The first kappa shape index (κ1) is 20.3. The summed E-state index contributed by atoms with van der Waals surface area (Å²) >= 11 is 0. The van der Waals surface area contributed by atoms with Crippen LogP contribution in [0.2, 0.25) is 0 Å². The van der Waals surface area contributed by atoms with Crippen LogP contribution in [0.4, 0.5) is 0 Å². The number of hydroxylamine groups is 1. The average molecular weight is 297 g/mol. The lowest BCUT2D eigenvalue weighted by Gasteiger charge is -2.05. The summed E-state index contributed by atoms with van der Waals surface area (Å²) in [6, 6.07) is 0. The Balaban J connectivity index is 0. The zero-order valence-corrected chi connectivity index (χ0v) is 12.6. The lowest BCUT2D eigenvalue weighted by molar-refractivity contribution is -0.124. The summed E-state index contributed by atoms with van der Waals surface area (Å²) in [4.78, 5) is 12.8. The van der Waals surface area contributed by atoms with Crippen LogP contribution in [0.5, 0.6) is 0 Å². The molecule has 1 amide bonds. The van der Waals surface area contributed by atoms with Gasteiger partial charge in [-0.3, -0.25) is 4.79 Å². The fourth-order valence-electron chi connectivity index (χ4n) is 0.444. The number of carbonyl (C=O) groups is 1. The average Bonchev–Trinajstić information content (AvgIpc) is 2.25. The Hall–Kier alpha value is -1.00. The van der Waals surface area contributed by atoms with Crippen molar-refractivity contribution in [1.82, 2.24) is 10.4 Å². The van der Waals surface area contributed by atoms with Crippen LogP contribution in [0.25, 0.3) is 0 Å². The standard InChI is InChI=1S/C7H14N2O5S.C3H9N/c1-6(2)7(10)9-14-15(11,12)13-5-3-4-8;1-4(2)3/h1,3-5,8H2,2H3,(H,9,10);1-3H3. The molecule has 114 valence electrons. The van der Waals surface area contributed by atoms with E-state index < -0.39 is 16.3 Å². The summed E-state index contributed by atoms with van der Waals surface area (Å²) in [6.45, 7) is 4.89. The Morgan fingerprint density at radius 2 is 1.84 bits per heavy atom. The third-order valence-corrected chi connectivity index (χ3v) is 1.94. The molecule has 0 heterocycles. The zero-order chi connectivity index (χ0) is 15.5. The normalized spacial score (nSPS) is 10.6. The Bertz CT molecular complexity index is 365. The number of nitrogens with one attached hydrogen (secondary N) is 1. The van der Waals surface area contributed by atoms with Crippen molar-refractivity contribution in [3.05, 3.63) is 12.2 Å². The van der Waals surface area contributed by atoms with Gasteiger partial charge in [0.25, 0.3) is 5.91 Å². The molecule has 19 heavy (non-hydrogen) atoms. The number of amides is 1. The molecule has 3 N–H and O–H groups in total. The first-order valence-electron chi connectivity index (χ1n) is 5.47. The number of nitrogens with zero attached hydrogens (tertiary/aromatic N) is 1. The minimum absolute atomic E-state index is 0.0955. The smallest absolute Gasteiger partial charge is 0.330 e. The highest BCUT2D eigenvalue weighted by molar-refractivity contribution is 7.81. The van der Waals surface area contributed by atoms with Crippen molar-refractivity contribution in [2.45, 2.75) is 13.3 Å². The fourth-order valence-corrected chi connectivity index (χ4v) is 0.992. The van der Waals surface area contributed by atoms with E-state index in [-0.39, 0.29) is 12.2 Å². The number of carbonyl (C=O) groups excluding carboxylic acids is 1. The lowest BCUT2D eigenvalue weighted by atomic mass is 10.3. The molecular formula is C10H23N3O5S. The molecule has 0 saturated heterocycles. The van der Waals surface area contributed by atoms with Crippen LogP contribution in [0.15, 0.2) is 12.2 Å². The van der Waals surface area contributed by atoms with Crippen LogP contribution in [-0.2, 0) is 23.7 Å². The van der Waals surface area contributed by atoms with Crippen molar-refractivity contribution >= 4 is 16.3 Å². The molecule has 0 rings (SSSR count). The van der Waals surface area contributed by atoms with Gasteiger partial charge in [0.2, 0.25) is 0 Å². The van der Waals surface area contributed by atoms with Crippen LogP contribution < -0.4 is 11.2 Å². The van der Waals surface area contributed by atoms with Crippen molar-refractivity contribution in [2.24, 2.45) is 5.73 Å². The quantitative estimate of drug-likeness (QED) is 0.366. The monoisotopic (exact) mass is 297 g/mol. The molecule has 0 aliphatic carbocycles. The molecule has 0 spiro atoms. The van der Waals surface area contributed by atoms with Crippen molar-refractivity contribution in [3.8, 4) is 0 Å². The van der Waals surface area contributed by atoms with E-state index in [2.05, 4.69) is 15.0 Å². The van der Waals surface area contributed by atoms with Crippen LogP contribution in [0.3, 0.4) is 0 Å². The van der Waals surface area contributed by atoms with Gasteiger partial charge >= 0.3 is 10.4 Å². The molecule has 0 aliphatic heterocycles. The number of hydrogen-bond acceptors (Lipinski definition) is 7. The van der Waals surface area contributed by atoms with E-state index in [4.69, 9.17) is 5.73 Å². The van der Waals surface area contributed by atoms with Crippen LogP contribution >= 0.6 is 0 Å². The molecule has 0 atom stereocenters.